The molecule has 106 valence electrons. The molecule has 1 aliphatic rings. The first-order chi connectivity index (χ1) is 9.63. The average Bonchev–Trinajstić information content (AvgIpc) is 2.99. The zero-order chi connectivity index (χ0) is 14.1. The Labute approximate surface area is 116 Å². The number of nitrogens with one attached hydrogen (secondary N) is 1. The van der Waals surface area contributed by atoms with E-state index < -0.39 is 0 Å². The van der Waals surface area contributed by atoms with Crippen molar-refractivity contribution in [1.29, 1.82) is 0 Å². The molecule has 0 saturated heterocycles. The largest absolute Gasteiger partial charge is 0.454 e. The molecule has 0 radical (unpaired) electrons. The quantitative estimate of drug-likeness (QED) is 0.915. The zero-order valence-electron chi connectivity index (χ0n) is 11.4. The molecule has 0 atom stereocenters. The summed E-state index contributed by atoms with van der Waals surface area (Å²) in [7, 11) is 3.91. The monoisotopic (exact) mass is 276 g/mol. The molecule has 1 aromatic carbocycles. The first-order valence-electron chi connectivity index (χ1n) is 6.39. The second-order valence-corrected chi connectivity index (χ2v) is 4.91. The highest BCUT2D eigenvalue weighted by Crippen LogP contribution is 2.37. The fourth-order valence-electron chi connectivity index (χ4n) is 2.02. The average molecular weight is 276 g/mol. The van der Waals surface area contributed by atoms with E-state index in [0.29, 0.717) is 29.4 Å². The van der Waals surface area contributed by atoms with Gasteiger partial charge >= 0.3 is 0 Å². The molecular formula is C14H16N2O4. The number of nitrogens with zero attached hydrogens (tertiary/aromatic N) is 1. The maximum atomic E-state index is 12.0. The number of ether oxygens (including phenoxy) is 2. The van der Waals surface area contributed by atoms with Crippen molar-refractivity contribution in [3.8, 4) is 11.5 Å². The molecule has 1 aromatic heterocycles. The molecule has 0 aliphatic carbocycles. The summed E-state index contributed by atoms with van der Waals surface area (Å²) < 4.78 is 16.1. The van der Waals surface area contributed by atoms with Gasteiger partial charge in [-0.2, -0.15) is 0 Å². The third-order valence-corrected chi connectivity index (χ3v) is 3.08. The van der Waals surface area contributed by atoms with Crippen LogP contribution in [0.4, 0.5) is 0 Å². The van der Waals surface area contributed by atoms with Gasteiger partial charge in [0.2, 0.25) is 6.79 Å². The number of carbonyl (C=O) groups excluding carboxylic acids is 1. The van der Waals surface area contributed by atoms with Gasteiger partial charge in [0, 0.05) is 24.5 Å². The van der Waals surface area contributed by atoms with Crippen LogP contribution in [0, 0.1) is 0 Å². The summed E-state index contributed by atoms with van der Waals surface area (Å²) in [4.78, 5) is 14.0. The van der Waals surface area contributed by atoms with Gasteiger partial charge in [0.25, 0.3) is 5.91 Å². The smallest absolute Gasteiger partial charge is 0.287 e. The number of carbonyl (C=O) groups is 1. The van der Waals surface area contributed by atoms with Gasteiger partial charge in [-0.1, -0.05) is 0 Å². The number of fused-ring (bicyclic) bond motifs is 2. The molecule has 0 fully saturated rings. The van der Waals surface area contributed by atoms with Crippen LogP contribution in [0.5, 0.6) is 11.5 Å². The van der Waals surface area contributed by atoms with E-state index in [4.69, 9.17) is 13.9 Å². The van der Waals surface area contributed by atoms with Crippen LogP contribution in [0.15, 0.2) is 22.6 Å². The van der Waals surface area contributed by atoms with Crippen LogP contribution in [0.3, 0.4) is 0 Å². The summed E-state index contributed by atoms with van der Waals surface area (Å²) in [6.45, 7) is 1.58. The maximum Gasteiger partial charge on any atom is 0.287 e. The summed E-state index contributed by atoms with van der Waals surface area (Å²) in [5.74, 6) is 1.40. The van der Waals surface area contributed by atoms with Crippen LogP contribution < -0.4 is 14.8 Å². The van der Waals surface area contributed by atoms with E-state index in [-0.39, 0.29) is 12.7 Å². The highest BCUT2D eigenvalue weighted by Gasteiger charge is 2.18. The molecule has 1 N–H and O–H groups in total. The molecule has 1 aliphatic heterocycles. The Morgan fingerprint density at radius 3 is 2.75 bits per heavy atom. The van der Waals surface area contributed by atoms with Crippen molar-refractivity contribution in [2.45, 2.75) is 0 Å². The van der Waals surface area contributed by atoms with Crippen LogP contribution in [0.25, 0.3) is 11.0 Å². The minimum Gasteiger partial charge on any atom is -0.454 e. The first-order valence-corrected chi connectivity index (χ1v) is 6.39. The number of hydrogen-bond donors (Lipinski definition) is 1. The Morgan fingerprint density at radius 2 is 2.00 bits per heavy atom. The topological polar surface area (TPSA) is 63.9 Å². The van der Waals surface area contributed by atoms with Crippen molar-refractivity contribution in [3.05, 3.63) is 24.0 Å². The summed E-state index contributed by atoms with van der Waals surface area (Å²) in [5, 5.41) is 3.64. The molecule has 2 heterocycles. The first kappa shape index (κ1) is 12.8. The van der Waals surface area contributed by atoms with E-state index in [2.05, 4.69) is 5.32 Å². The third-order valence-electron chi connectivity index (χ3n) is 3.08. The van der Waals surface area contributed by atoms with Crippen molar-refractivity contribution >= 4 is 16.9 Å². The van der Waals surface area contributed by atoms with E-state index in [0.717, 1.165) is 11.9 Å². The Kier molecular flexibility index (Phi) is 3.23. The number of furan rings is 1. The van der Waals surface area contributed by atoms with Gasteiger partial charge in [0.1, 0.15) is 5.58 Å². The third kappa shape index (κ3) is 2.42. The number of hydrogen-bond acceptors (Lipinski definition) is 5. The number of likely N-dealkylation sites (N-methyl/N-ethyl adjacent to an activating group) is 1. The van der Waals surface area contributed by atoms with Crippen LogP contribution in [-0.4, -0.2) is 44.8 Å². The summed E-state index contributed by atoms with van der Waals surface area (Å²) in [6.07, 6.45) is 0. The van der Waals surface area contributed by atoms with E-state index in [1.807, 2.05) is 25.1 Å². The van der Waals surface area contributed by atoms with E-state index in [9.17, 15) is 4.79 Å². The van der Waals surface area contributed by atoms with E-state index >= 15 is 0 Å². The Balaban J connectivity index is 1.77. The predicted molar refractivity (Wildman–Crippen MR) is 73.2 cm³/mol. The summed E-state index contributed by atoms with van der Waals surface area (Å²) in [6, 6.07) is 5.27. The standard InChI is InChI=1S/C14H16N2O4/c1-16(2)4-3-15-14(17)13-6-9-5-11-12(19-8-18-11)7-10(9)20-13/h5-7H,3-4,8H2,1-2H3,(H,15,17). The molecular weight excluding hydrogens is 260 g/mol. The lowest BCUT2D eigenvalue weighted by Gasteiger charge is -2.09. The lowest BCUT2D eigenvalue weighted by atomic mass is 10.2. The highest BCUT2D eigenvalue weighted by molar-refractivity contribution is 5.96. The molecule has 1 amide bonds. The Bertz CT molecular complexity index is 607. The van der Waals surface area contributed by atoms with Crippen molar-refractivity contribution in [2.24, 2.45) is 0 Å². The summed E-state index contributed by atoms with van der Waals surface area (Å²) >= 11 is 0. The van der Waals surface area contributed by atoms with Crippen molar-refractivity contribution in [2.75, 3.05) is 34.0 Å². The Hall–Kier alpha value is -2.21. The van der Waals surface area contributed by atoms with Gasteiger partial charge in [-0.25, -0.2) is 0 Å². The second-order valence-electron chi connectivity index (χ2n) is 4.91. The minimum absolute atomic E-state index is 0.218. The fourth-order valence-corrected chi connectivity index (χ4v) is 2.02. The van der Waals surface area contributed by atoms with Crippen LogP contribution >= 0.6 is 0 Å². The predicted octanol–water partition coefficient (Wildman–Crippen LogP) is 1.45. The SMILES string of the molecule is CN(C)CCNC(=O)c1cc2cc3c(cc2o1)OCO3. The molecule has 20 heavy (non-hydrogen) atoms. The van der Waals surface area contributed by atoms with Gasteiger partial charge in [-0.3, -0.25) is 4.79 Å². The Morgan fingerprint density at radius 1 is 1.25 bits per heavy atom. The number of amides is 1. The van der Waals surface area contributed by atoms with E-state index in [1.54, 1.807) is 12.1 Å². The molecule has 3 rings (SSSR count). The molecule has 2 aromatic rings. The second kappa shape index (κ2) is 5.05. The van der Waals surface area contributed by atoms with Crippen molar-refractivity contribution in [3.63, 3.8) is 0 Å². The van der Waals surface area contributed by atoms with Crippen LogP contribution in [0.2, 0.25) is 0 Å². The highest BCUT2D eigenvalue weighted by atomic mass is 16.7. The molecule has 0 unspecified atom stereocenters. The number of rotatable bonds is 4. The van der Waals surface area contributed by atoms with Crippen LogP contribution in [0.1, 0.15) is 10.6 Å². The molecule has 6 nitrogen and oxygen atoms in total. The molecule has 6 heteroatoms. The number of benzene rings is 1. The van der Waals surface area contributed by atoms with Crippen molar-refractivity contribution < 1.29 is 18.7 Å². The normalized spacial score (nSPS) is 13.2. The molecule has 0 bridgehead atoms. The van der Waals surface area contributed by atoms with Gasteiger partial charge in [0.05, 0.1) is 0 Å². The zero-order valence-corrected chi connectivity index (χ0v) is 11.4. The molecule has 0 spiro atoms. The van der Waals surface area contributed by atoms with Crippen molar-refractivity contribution in [1.82, 2.24) is 10.2 Å². The van der Waals surface area contributed by atoms with E-state index in [1.165, 1.54) is 0 Å². The van der Waals surface area contributed by atoms with Gasteiger partial charge in [-0.15, -0.1) is 0 Å². The lowest BCUT2D eigenvalue weighted by Crippen LogP contribution is -2.31. The summed E-state index contributed by atoms with van der Waals surface area (Å²) in [5.41, 5.74) is 0.618. The lowest BCUT2D eigenvalue weighted by molar-refractivity contribution is 0.0925. The van der Waals surface area contributed by atoms with Crippen LogP contribution in [-0.2, 0) is 0 Å². The minimum atomic E-state index is -0.218. The maximum absolute atomic E-state index is 12.0. The van der Waals surface area contributed by atoms with Gasteiger partial charge in [0.15, 0.2) is 17.3 Å². The molecule has 0 saturated carbocycles. The fraction of sp³-hybridized carbons (Fsp3) is 0.357. The van der Waals surface area contributed by atoms with Gasteiger partial charge < -0.3 is 24.1 Å². The van der Waals surface area contributed by atoms with Gasteiger partial charge in [-0.05, 0) is 26.2 Å².